The minimum absolute atomic E-state index is 0.316. The van der Waals surface area contributed by atoms with Crippen molar-refractivity contribution < 1.29 is 9.13 Å². The Morgan fingerprint density at radius 2 is 2.35 bits per heavy atom. The highest BCUT2D eigenvalue weighted by Gasteiger charge is 2.13. The van der Waals surface area contributed by atoms with Crippen LogP contribution in [0.1, 0.15) is 19.3 Å². The number of hydrogen-bond donors (Lipinski definition) is 1. The van der Waals surface area contributed by atoms with Gasteiger partial charge in [-0.3, -0.25) is 0 Å². The Balaban J connectivity index is 1.79. The second-order valence-electron chi connectivity index (χ2n) is 4.42. The van der Waals surface area contributed by atoms with Gasteiger partial charge in [0.1, 0.15) is 11.6 Å². The predicted molar refractivity (Wildman–Crippen MR) is 67.1 cm³/mol. The molecule has 2 nitrogen and oxygen atoms in total. The van der Waals surface area contributed by atoms with Crippen molar-refractivity contribution in [2.45, 2.75) is 19.3 Å². The SMILES string of the molecule is Fc1ccc(Cl)c(OCCC2CCCNC2)c1. The molecule has 0 aliphatic carbocycles. The number of rotatable bonds is 4. The molecule has 0 aromatic heterocycles. The summed E-state index contributed by atoms with van der Waals surface area (Å²) in [5, 5.41) is 3.83. The van der Waals surface area contributed by atoms with Crippen molar-refractivity contribution in [3.05, 3.63) is 29.0 Å². The van der Waals surface area contributed by atoms with Crippen LogP contribution < -0.4 is 10.1 Å². The van der Waals surface area contributed by atoms with E-state index in [1.807, 2.05) is 0 Å². The molecule has 0 bridgehead atoms. The maximum Gasteiger partial charge on any atom is 0.140 e. The van der Waals surface area contributed by atoms with E-state index in [4.69, 9.17) is 16.3 Å². The number of nitrogens with one attached hydrogen (secondary N) is 1. The molecule has 2 rings (SSSR count). The summed E-state index contributed by atoms with van der Waals surface area (Å²) in [4.78, 5) is 0. The molecule has 0 saturated carbocycles. The van der Waals surface area contributed by atoms with Crippen molar-refractivity contribution >= 4 is 11.6 Å². The Hall–Kier alpha value is -0.800. The van der Waals surface area contributed by atoms with Gasteiger partial charge in [0.15, 0.2) is 0 Å². The smallest absolute Gasteiger partial charge is 0.140 e. The van der Waals surface area contributed by atoms with Gasteiger partial charge in [-0.15, -0.1) is 0 Å². The highest BCUT2D eigenvalue weighted by Crippen LogP contribution is 2.25. The van der Waals surface area contributed by atoms with Gasteiger partial charge in [-0.2, -0.15) is 0 Å². The van der Waals surface area contributed by atoms with Crippen molar-refractivity contribution in [3.63, 3.8) is 0 Å². The first kappa shape index (κ1) is 12.7. The van der Waals surface area contributed by atoms with Gasteiger partial charge >= 0.3 is 0 Å². The number of hydrogen-bond acceptors (Lipinski definition) is 2. The molecule has 0 amide bonds. The Labute approximate surface area is 106 Å². The van der Waals surface area contributed by atoms with Crippen molar-refractivity contribution in [2.24, 2.45) is 5.92 Å². The Bertz CT molecular complexity index is 366. The number of halogens is 2. The third kappa shape index (κ3) is 3.86. The number of benzene rings is 1. The normalized spacial score (nSPS) is 20.2. The van der Waals surface area contributed by atoms with Crippen LogP contribution in [0.15, 0.2) is 18.2 Å². The third-order valence-electron chi connectivity index (χ3n) is 3.08. The van der Waals surface area contributed by atoms with Gasteiger partial charge in [0, 0.05) is 6.07 Å². The van der Waals surface area contributed by atoms with Crippen LogP contribution in [0.2, 0.25) is 5.02 Å². The van der Waals surface area contributed by atoms with E-state index >= 15 is 0 Å². The first-order valence-electron chi connectivity index (χ1n) is 6.04. The first-order chi connectivity index (χ1) is 8.25. The zero-order valence-electron chi connectivity index (χ0n) is 9.72. The Morgan fingerprint density at radius 1 is 1.47 bits per heavy atom. The van der Waals surface area contributed by atoms with Gasteiger partial charge in [-0.25, -0.2) is 4.39 Å². The monoisotopic (exact) mass is 257 g/mol. The average Bonchev–Trinajstić information content (AvgIpc) is 2.35. The molecule has 1 fully saturated rings. The molecule has 4 heteroatoms. The molecule has 1 aliphatic rings. The lowest BCUT2D eigenvalue weighted by molar-refractivity contribution is 0.253. The van der Waals surface area contributed by atoms with Crippen molar-refractivity contribution in [2.75, 3.05) is 19.7 Å². The van der Waals surface area contributed by atoms with Gasteiger partial charge in [0.05, 0.1) is 11.6 Å². The topological polar surface area (TPSA) is 21.3 Å². The minimum atomic E-state index is -0.316. The molecule has 1 heterocycles. The molecule has 0 radical (unpaired) electrons. The van der Waals surface area contributed by atoms with Gasteiger partial charge < -0.3 is 10.1 Å². The summed E-state index contributed by atoms with van der Waals surface area (Å²) in [5.41, 5.74) is 0. The van der Waals surface area contributed by atoms with Crippen LogP contribution in [0.4, 0.5) is 4.39 Å². The minimum Gasteiger partial charge on any atom is -0.492 e. The molecule has 1 saturated heterocycles. The zero-order valence-corrected chi connectivity index (χ0v) is 10.5. The molecule has 0 spiro atoms. The van der Waals surface area contributed by atoms with Crippen LogP contribution in [-0.4, -0.2) is 19.7 Å². The van der Waals surface area contributed by atoms with Crippen LogP contribution in [0.3, 0.4) is 0 Å². The molecule has 1 unspecified atom stereocenters. The standard InChI is InChI=1S/C13H17ClFNO/c14-12-4-3-11(15)8-13(12)17-7-5-10-2-1-6-16-9-10/h3-4,8,10,16H,1-2,5-7,9H2. The largest absolute Gasteiger partial charge is 0.492 e. The maximum absolute atomic E-state index is 13.0. The molecule has 1 aromatic rings. The second-order valence-corrected chi connectivity index (χ2v) is 4.83. The van der Waals surface area contributed by atoms with Crippen molar-refractivity contribution in [1.29, 1.82) is 0 Å². The van der Waals surface area contributed by atoms with E-state index < -0.39 is 0 Å². The summed E-state index contributed by atoms with van der Waals surface area (Å²) in [6.45, 7) is 2.77. The molecular formula is C13H17ClFNO. The quantitative estimate of drug-likeness (QED) is 0.894. The maximum atomic E-state index is 13.0. The van der Waals surface area contributed by atoms with Crippen LogP contribution in [0.5, 0.6) is 5.75 Å². The molecule has 1 N–H and O–H groups in total. The lowest BCUT2D eigenvalue weighted by Crippen LogP contribution is -2.30. The fraction of sp³-hybridized carbons (Fsp3) is 0.538. The van der Waals surface area contributed by atoms with Crippen molar-refractivity contribution in [3.8, 4) is 5.75 Å². The zero-order chi connectivity index (χ0) is 12.1. The van der Waals surface area contributed by atoms with Crippen molar-refractivity contribution in [1.82, 2.24) is 5.32 Å². The van der Waals surface area contributed by atoms with Gasteiger partial charge in [-0.05, 0) is 50.4 Å². The Kier molecular flexibility index (Phi) is 4.63. The van der Waals surface area contributed by atoms with Crippen LogP contribution >= 0.6 is 11.6 Å². The lowest BCUT2D eigenvalue weighted by atomic mass is 9.97. The number of piperidine rings is 1. The van der Waals surface area contributed by atoms with Gasteiger partial charge in [0.2, 0.25) is 0 Å². The molecule has 1 aliphatic heterocycles. The summed E-state index contributed by atoms with van der Waals surface area (Å²) in [5.74, 6) is 0.787. The van der Waals surface area contributed by atoms with Gasteiger partial charge in [0.25, 0.3) is 0 Å². The van der Waals surface area contributed by atoms with E-state index in [9.17, 15) is 4.39 Å². The van der Waals surface area contributed by atoms with E-state index in [1.54, 1.807) is 0 Å². The summed E-state index contributed by atoms with van der Waals surface area (Å²) in [6.07, 6.45) is 3.46. The molecular weight excluding hydrogens is 241 g/mol. The van der Waals surface area contributed by atoms with E-state index in [1.165, 1.54) is 31.0 Å². The lowest BCUT2D eigenvalue weighted by Gasteiger charge is -2.22. The van der Waals surface area contributed by atoms with E-state index in [-0.39, 0.29) is 5.82 Å². The average molecular weight is 258 g/mol. The second kappa shape index (κ2) is 6.22. The summed E-state index contributed by atoms with van der Waals surface area (Å²) in [6, 6.07) is 4.19. The molecule has 17 heavy (non-hydrogen) atoms. The summed E-state index contributed by atoms with van der Waals surface area (Å²) in [7, 11) is 0. The fourth-order valence-corrected chi connectivity index (χ4v) is 2.27. The van der Waals surface area contributed by atoms with Gasteiger partial charge in [-0.1, -0.05) is 11.6 Å². The van der Waals surface area contributed by atoms with E-state index in [2.05, 4.69) is 5.32 Å². The van der Waals surface area contributed by atoms with Crippen LogP contribution in [0, 0.1) is 11.7 Å². The highest BCUT2D eigenvalue weighted by atomic mass is 35.5. The van der Waals surface area contributed by atoms with Crippen LogP contribution in [0.25, 0.3) is 0 Å². The van der Waals surface area contributed by atoms with Crippen LogP contribution in [-0.2, 0) is 0 Å². The molecule has 1 atom stereocenters. The predicted octanol–water partition coefficient (Wildman–Crippen LogP) is 3.25. The highest BCUT2D eigenvalue weighted by molar-refractivity contribution is 6.32. The van der Waals surface area contributed by atoms with E-state index in [0.717, 1.165) is 19.5 Å². The number of ether oxygens (including phenoxy) is 1. The van der Waals surface area contributed by atoms with E-state index in [0.29, 0.717) is 23.3 Å². The fourth-order valence-electron chi connectivity index (χ4n) is 2.09. The molecule has 94 valence electrons. The third-order valence-corrected chi connectivity index (χ3v) is 3.39. The summed E-state index contributed by atoms with van der Waals surface area (Å²) < 4.78 is 18.5. The Morgan fingerprint density at radius 3 is 3.12 bits per heavy atom. The first-order valence-corrected chi connectivity index (χ1v) is 6.42. The summed E-state index contributed by atoms with van der Waals surface area (Å²) >= 11 is 5.91. The molecule has 1 aromatic carbocycles.